The molecule has 1 atom stereocenters. The monoisotopic (exact) mass is 407 g/mol. The molecule has 0 saturated carbocycles. The summed E-state index contributed by atoms with van der Waals surface area (Å²) in [7, 11) is 0. The van der Waals surface area contributed by atoms with Gasteiger partial charge in [-0.1, -0.05) is 47.6 Å². The first-order valence-corrected chi connectivity index (χ1v) is 9.82. The number of benzene rings is 2. The van der Waals surface area contributed by atoms with Gasteiger partial charge in [0.2, 0.25) is 0 Å². The number of amides is 1. The highest BCUT2D eigenvalue weighted by Crippen LogP contribution is 2.25. The maximum absolute atomic E-state index is 12.4. The topological polar surface area (TPSA) is 94.3 Å². The molecule has 0 radical (unpaired) electrons. The van der Waals surface area contributed by atoms with Crippen molar-refractivity contribution in [3.05, 3.63) is 65.7 Å². The molecule has 29 heavy (non-hydrogen) atoms. The summed E-state index contributed by atoms with van der Waals surface area (Å²) in [4.78, 5) is 29.0. The minimum absolute atomic E-state index is 0.0793. The van der Waals surface area contributed by atoms with Crippen LogP contribution in [0.5, 0.6) is 0 Å². The summed E-state index contributed by atoms with van der Waals surface area (Å²) in [6.45, 7) is 1.51. The number of nitrogens with zero attached hydrogens (tertiary/aromatic N) is 2. The number of hydrogen-bond acceptors (Lipinski definition) is 7. The van der Waals surface area contributed by atoms with Crippen molar-refractivity contribution in [3.63, 3.8) is 0 Å². The van der Waals surface area contributed by atoms with Crippen molar-refractivity contribution < 1.29 is 18.8 Å². The number of fused-ring (bicyclic) bond motifs is 1. The Labute approximate surface area is 170 Å². The summed E-state index contributed by atoms with van der Waals surface area (Å²) < 4.78 is 10.4. The van der Waals surface area contributed by atoms with Crippen LogP contribution in [0.1, 0.15) is 12.6 Å². The van der Waals surface area contributed by atoms with Crippen LogP contribution in [0.3, 0.4) is 0 Å². The number of para-hydroxylation sites is 1. The van der Waals surface area contributed by atoms with E-state index in [0.29, 0.717) is 16.4 Å². The van der Waals surface area contributed by atoms with Crippen LogP contribution in [-0.4, -0.2) is 28.1 Å². The van der Waals surface area contributed by atoms with E-state index in [1.165, 1.54) is 18.3 Å². The highest BCUT2D eigenvalue weighted by atomic mass is 32.1. The molecular weight excluding hydrogens is 390 g/mol. The second-order valence-electron chi connectivity index (χ2n) is 6.33. The number of rotatable bonds is 6. The normalized spacial score (nSPS) is 11.9. The molecule has 1 amide bonds. The molecule has 4 aromatic rings. The van der Waals surface area contributed by atoms with Gasteiger partial charge in [0.15, 0.2) is 16.8 Å². The molecule has 146 valence electrons. The molecule has 0 aliphatic rings. The van der Waals surface area contributed by atoms with Crippen LogP contribution in [0.4, 0.5) is 5.13 Å². The Bertz CT molecular complexity index is 1150. The van der Waals surface area contributed by atoms with Gasteiger partial charge in [-0.3, -0.25) is 14.9 Å². The van der Waals surface area contributed by atoms with E-state index in [4.69, 9.17) is 9.26 Å². The van der Waals surface area contributed by atoms with Crippen LogP contribution in [0, 0.1) is 0 Å². The van der Waals surface area contributed by atoms with Crippen molar-refractivity contribution in [2.45, 2.75) is 19.4 Å². The Hall–Kier alpha value is -3.52. The highest BCUT2D eigenvalue weighted by Gasteiger charge is 2.21. The summed E-state index contributed by atoms with van der Waals surface area (Å²) in [6, 6.07) is 16.9. The Morgan fingerprint density at radius 3 is 2.72 bits per heavy atom. The largest absolute Gasteiger partial charge is 0.452 e. The minimum atomic E-state index is -0.968. The highest BCUT2D eigenvalue weighted by molar-refractivity contribution is 7.14. The zero-order valence-electron chi connectivity index (χ0n) is 15.5. The first kappa shape index (κ1) is 18.8. The fourth-order valence-corrected chi connectivity index (χ4v) is 3.50. The number of anilines is 1. The van der Waals surface area contributed by atoms with Crippen molar-refractivity contribution >= 4 is 39.3 Å². The van der Waals surface area contributed by atoms with Crippen molar-refractivity contribution in [1.29, 1.82) is 0 Å². The number of carbonyl (C=O) groups excluding carboxylic acids is 2. The molecular formula is C21H17N3O4S. The predicted molar refractivity (Wildman–Crippen MR) is 109 cm³/mol. The van der Waals surface area contributed by atoms with Crippen molar-refractivity contribution in [2.75, 3.05) is 5.32 Å². The zero-order chi connectivity index (χ0) is 20.2. The number of thiazole rings is 1. The van der Waals surface area contributed by atoms with Gasteiger partial charge in [0.25, 0.3) is 5.91 Å². The maximum Gasteiger partial charge on any atom is 0.312 e. The van der Waals surface area contributed by atoms with Gasteiger partial charge in [-0.2, -0.15) is 0 Å². The molecule has 2 aromatic carbocycles. The van der Waals surface area contributed by atoms with E-state index < -0.39 is 18.0 Å². The lowest BCUT2D eigenvalue weighted by Crippen LogP contribution is -2.30. The molecule has 1 N–H and O–H groups in total. The van der Waals surface area contributed by atoms with Gasteiger partial charge >= 0.3 is 5.97 Å². The summed E-state index contributed by atoms with van der Waals surface area (Å²) >= 11 is 1.31. The third kappa shape index (κ3) is 4.33. The van der Waals surface area contributed by atoms with Crippen LogP contribution < -0.4 is 5.32 Å². The number of esters is 1. The molecule has 2 aromatic heterocycles. The van der Waals surface area contributed by atoms with E-state index in [-0.39, 0.29) is 6.42 Å². The lowest BCUT2D eigenvalue weighted by molar-refractivity contribution is -0.152. The average molecular weight is 407 g/mol. The molecule has 0 unspecified atom stereocenters. The quantitative estimate of drug-likeness (QED) is 0.484. The molecule has 4 rings (SSSR count). The Balaban J connectivity index is 1.35. The fraction of sp³-hybridized carbons (Fsp3) is 0.143. The van der Waals surface area contributed by atoms with Gasteiger partial charge in [0, 0.05) is 16.3 Å². The number of carbonyl (C=O) groups is 2. The van der Waals surface area contributed by atoms with Gasteiger partial charge in [-0.25, -0.2) is 4.98 Å². The van der Waals surface area contributed by atoms with E-state index >= 15 is 0 Å². The number of hydrogen-bond donors (Lipinski definition) is 1. The lowest BCUT2D eigenvalue weighted by Gasteiger charge is -2.11. The first-order valence-electron chi connectivity index (χ1n) is 8.95. The number of nitrogens with one attached hydrogen (secondary N) is 1. The molecule has 2 heterocycles. The van der Waals surface area contributed by atoms with E-state index in [1.807, 2.05) is 53.9 Å². The molecule has 0 spiro atoms. The molecule has 8 heteroatoms. The molecule has 0 fully saturated rings. The summed E-state index contributed by atoms with van der Waals surface area (Å²) in [5, 5.41) is 9.63. The SMILES string of the molecule is C[C@@H](OC(=O)Cc1noc2ccccc12)C(=O)Nc1nc(-c2ccccc2)cs1. The zero-order valence-corrected chi connectivity index (χ0v) is 16.3. The Morgan fingerprint density at radius 1 is 1.14 bits per heavy atom. The Morgan fingerprint density at radius 2 is 1.90 bits per heavy atom. The van der Waals surface area contributed by atoms with Crippen LogP contribution in [0.25, 0.3) is 22.2 Å². The molecule has 0 saturated heterocycles. The van der Waals surface area contributed by atoms with E-state index in [2.05, 4.69) is 15.5 Å². The van der Waals surface area contributed by atoms with Gasteiger partial charge < -0.3 is 9.26 Å². The third-order valence-electron chi connectivity index (χ3n) is 4.25. The molecule has 0 bridgehead atoms. The van der Waals surface area contributed by atoms with Gasteiger partial charge in [0.1, 0.15) is 5.69 Å². The molecule has 0 aliphatic heterocycles. The summed E-state index contributed by atoms with van der Waals surface area (Å²) in [6.07, 6.45) is -1.05. The lowest BCUT2D eigenvalue weighted by atomic mass is 10.2. The summed E-state index contributed by atoms with van der Waals surface area (Å²) in [5.74, 6) is -1.01. The second kappa shape index (κ2) is 8.24. The number of ether oxygens (including phenoxy) is 1. The van der Waals surface area contributed by atoms with Gasteiger partial charge in [-0.15, -0.1) is 11.3 Å². The van der Waals surface area contributed by atoms with Crippen LogP contribution in [-0.2, 0) is 20.7 Å². The van der Waals surface area contributed by atoms with Crippen molar-refractivity contribution in [1.82, 2.24) is 10.1 Å². The van der Waals surface area contributed by atoms with E-state index in [1.54, 1.807) is 6.07 Å². The van der Waals surface area contributed by atoms with Gasteiger partial charge in [0.05, 0.1) is 12.1 Å². The molecule has 7 nitrogen and oxygen atoms in total. The predicted octanol–water partition coefficient (Wildman–Crippen LogP) is 4.06. The van der Waals surface area contributed by atoms with Crippen LogP contribution in [0.2, 0.25) is 0 Å². The van der Waals surface area contributed by atoms with Crippen molar-refractivity contribution in [3.8, 4) is 11.3 Å². The minimum Gasteiger partial charge on any atom is -0.452 e. The standard InChI is InChI=1S/C21H17N3O4S/c1-13(27-19(25)11-16-15-9-5-6-10-18(15)28-24-16)20(26)23-21-22-17(12-29-21)14-7-3-2-4-8-14/h2-10,12-13H,11H2,1H3,(H,22,23,26)/t13-/m1/s1. The van der Waals surface area contributed by atoms with E-state index in [9.17, 15) is 9.59 Å². The third-order valence-corrected chi connectivity index (χ3v) is 5.00. The summed E-state index contributed by atoms with van der Waals surface area (Å²) in [5.41, 5.74) is 2.81. The Kier molecular flexibility index (Phi) is 5.35. The van der Waals surface area contributed by atoms with Crippen LogP contribution >= 0.6 is 11.3 Å². The van der Waals surface area contributed by atoms with Crippen LogP contribution in [0.15, 0.2) is 64.5 Å². The molecule has 0 aliphatic carbocycles. The van der Waals surface area contributed by atoms with Crippen molar-refractivity contribution in [2.24, 2.45) is 0 Å². The smallest absolute Gasteiger partial charge is 0.312 e. The number of aromatic nitrogens is 2. The average Bonchev–Trinajstić information content (AvgIpc) is 3.36. The maximum atomic E-state index is 12.4. The second-order valence-corrected chi connectivity index (χ2v) is 7.19. The van der Waals surface area contributed by atoms with E-state index in [0.717, 1.165) is 16.6 Å². The first-order chi connectivity index (χ1) is 14.1. The fourth-order valence-electron chi connectivity index (χ4n) is 2.77. The van der Waals surface area contributed by atoms with Gasteiger partial charge in [-0.05, 0) is 19.1 Å².